The number of para-hydroxylation sites is 2. The molecular weight excluding hydrogens is 342 g/mol. The molecule has 26 heavy (non-hydrogen) atoms. The third-order valence-electron chi connectivity index (χ3n) is 3.20. The van der Waals surface area contributed by atoms with Gasteiger partial charge >= 0.3 is 17.7 Å². The third-order valence-corrected chi connectivity index (χ3v) is 3.20. The van der Waals surface area contributed by atoms with Crippen molar-refractivity contribution in [1.82, 2.24) is 0 Å². The molecule has 2 atom stereocenters. The van der Waals surface area contributed by atoms with E-state index in [-0.39, 0.29) is 11.5 Å². The Kier molecular flexibility index (Phi) is 5.63. The normalized spacial score (nSPS) is 13.7. The summed E-state index contributed by atoms with van der Waals surface area (Å²) in [5, 5.41) is 19.3. The van der Waals surface area contributed by atoms with Gasteiger partial charge in [-0.2, -0.15) is 4.99 Å². The highest BCUT2D eigenvalue weighted by Gasteiger charge is 2.56. The Balaban J connectivity index is 2.56. The molecule has 2 rings (SSSR count). The first kappa shape index (κ1) is 18.6. The number of carboxylic acid groups (broad SMARTS) is 2. The van der Waals surface area contributed by atoms with E-state index in [1.165, 1.54) is 24.3 Å². The lowest BCUT2D eigenvalue weighted by Gasteiger charge is -2.31. The van der Waals surface area contributed by atoms with Crippen LogP contribution in [0, 0.1) is 0 Å². The largest absolute Gasteiger partial charge is 0.478 e. The monoisotopic (exact) mass is 359 g/mol. The van der Waals surface area contributed by atoms with Crippen LogP contribution in [0.4, 0.5) is 0 Å². The minimum atomic E-state index is -2.75. The van der Waals surface area contributed by atoms with Crippen LogP contribution in [-0.4, -0.2) is 39.9 Å². The van der Waals surface area contributed by atoms with Gasteiger partial charge < -0.3 is 31.2 Å². The number of nitrogens with two attached hydrogens (primary N) is 2. The molecule has 9 nitrogen and oxygen atoms in total. The maximum Gasteiger partial charge on any atom is 0.377 e. The number of hydrogen-bond acceptors (Lipinski definition) is 5. The average Bonchev–Trinajstić information content (AvgIpc) is 2.60. The van der Waals surface area contributed by atoms with Crippen molar-refractivity contribution in [2.75, 3.05) is 0 Å². The zero-order valence-corrected chi connectivity index (χ0v) is 13.5. The SMILES string of the molecule is NC(N)=NC(Oc1ccccc1)(C(=O)O)C(Oc1ccccc1)C(=O)O. The quantitative estimate of drug-likeness (QED) is 0.395. The number of rotatable bonds is 8. The van der Waals surface area contributed by atoms with Gasteiger partial charge in [-0.05, 0) is 24.3 Å². The van der Waals surface area contributed by atoms with Gasteiger partial charge in [-0.25, -0.2) is 9.59 Å². The van der Waals surface area contributed by atoms with E-state index in [0.29, 0.717) is 0 Å². The molecule has 6 N–H and O–H groups in total. The molecule has 0 fully saturated rings. The van der Waals surface area contributed by atoms with Crippen LogP contribution < -0.4 is 20.9 Å². The van der Waals surface area contributed by atoms with E-state index in [1.54, 1.807) is 36.4 Å². The summed E-state index contributed by atoms with van der Waals surface area (Å²) < 4.78 is 10.8. The Morgan fingerprint density at radius 1 is 0.923 bits per heavy atom. The van der Waals surface area contributed by atoms with Crippen molar-refractivity contribution < 1.29 is 29.3 Å². The number of carboxylic acids is 2. The van der Waals surface area contributed by atoms with Gasteiger partial charge in [0.2, 0.25) is 0 Å². The Bertz CT molecular complexity index is 793. The molecule has 136 valence electrons. The molecule has 0 aliphatic heterocycles. The maximum atomic E-state index is 12.0. The highest BCUT2D eigenvalue weighted by Crippen LogP contribution is 2.27. The van der Waals surface area contributed by atoms with Crippen LogP contribution >= 0.6 is 0 Å². The first-order valence-electron chi connectivity index (χ1n) is 7.38. The summed E-state index contributed by atoms with van der Waals surface area (Å²) in [4.78, 5) is 27.4. The van der Waals surface area contributed by atoms with Gasteiger partial charge in [0.1, 0.15) is 11.5 Å². The molecule has 0 spiro atoms. The van der Waals surface area contributed by atoms with Crippen LogP contribution in [0.15, 0.2) is 65.7 Å². The number of ether oxygens (including phenoxy) is 2. The van der Waals surface area contributed by atoms with Gasteiger partial charge in [-0.15, -0.1) is 0 Å². The molecule has 0 saturated heterocycles. The molecule has 0 radical (unpaired) electrons. The molecule has 0 aliphatic rings. The molecule has 0 bridgehead atoms. The molecule has 0 saturated carbocycles. The Morgan fingerprint density at radius 2 is 1.42 bits per heavy atom. The van der Waals surface area contributed by atoms with Crippen molar-refractivity contribution >= 4 is 17.9 Å². The lowest BCUT2D eigenvalue weighted by Crippen LogP contribution is -2.60. The zero-order valence-electron chi connectivity index (χ0n) is 13.5. The minimum absolute atomic E-state index is 0.0443. The van der Waals surface area contributed by atoms with E-state index < -0.39 is 29.7 Å². The second-order valence-corrected chi connectivity index (χ2v) is 5.10. The molecule has 0 aromatic heterocycles. The van der Waals surface area contributed by atoms with Gasteiger partial charge in [0, 0.05) is 0 Å². The van der Waals surface area contributed by atoms with Crippen LogP contribution in [0.2, 0.25) is 0 Å². The summed E-state index contributed by atoms with van der Waals surface area (Å²) in [6.45, 7) is 0. The molecule has 2 aromatic carbocycles. The predicted molar refractivity (Wildman–Crippen MR) is 91.7 cm³/mol. The van der Waals surface area contributed by atoms with Crippen molar-refractivity contribution in [3.8, 4) is 11.5 Å². The fourth-order valence-electron chi connectivity index (χ4n) is 2.13. The third kappa shape index (κ3) is 4.20. The fourth-order valence-corrected chi connectivity index (χ4v) is 2.13. The molecule has 0 heterocycles. The van der Waals surface area contributed by atoms with Gasteiger partial charge in [0.25, 0.3) is 6.10 Å². The standard InChI is InChI=1S/C17H17N3O6/c18-16(19)20-17(15(23)24,26-12-9-5-2-6-10-12)13(14(21)22)25-11-7-3-1-4-8-11/h1-10,13H,(H,21,22)(H,23,24)(H4,18,19,20). The van der Waals surface area contributed by atoms with Crippen molar-refractivity contribution in [2.24, 2.45) is 16.5 Å². The van der Waals surface area contributed by atoms with Crippen molar-refractivity contribution in [2.45, 2.75) is 11.8 Å². The van der Waals surface area contributed by atoms with E-state index in [1.807, 2.05) is 0 Å². The summed E-state index contributed by atoms with van der Waals surface area (Å²) >= 11 is 0. The smallest absolute Gasteiger partial charge is 0.377 e. The molecule has 2 unspecified atom stereocenters. The lowest BCUT2D eigenvalue weighted by atomic mass is 10.1. The predicted octanol–water partition coefficient (Wildman–Crippen LogP) is 0.652. The van der Waals surface area contributed by atoms with Gasteiger partial charge in [-0.1, -0.05) is 36.4 Å². The number of carbonyl (C=O) groups is 2. The van der Waals surface area contributed by atoms with Crippen molar-refractivity contribution in [3.63, 3.8) is 0 Å². The first-order chi connectivity index (χ1) is 12.3. The van der Waals surface area contributed by atoms with Gasteiger partial charge in [0.15, 0.2) is 5.96 Å². The second-order valence-electron chi connectivity index (χ2n) is 5.10. The number of guanidine groups is 1. The van der Waals surface area contributed by atoms with E-state index >= 15 is 0 Å². The van der Waals surface area contributed by atoms with Crippen molar-refractivity contribution in [1.29, 1.82) is 0 Å². The maximum absolute atomic E-state index is 12.0. The first-order valence-corrected chi connectivity index (χ1v) is 7.38. The summed E-state index contributed by atoms with van der Waals surface area (Å²) in [6.07, 6.45) is -2.08. The van der Waals surface area contributed by atoms with Crippen LogP contribution in [0.1, 0.15) is 0 Å². The Morgan fingerprint density at radius 3 is 1.85 bits per heavy atom. The lowest BCUT2D eigenvalue weighted by molar-refractivity contribution is -0.175. The second kappa shape index (κ2) is 7.88. The van der Waals surface area contributed by atoms with Crippen molar-refractivity contribution in [3.05, 3.63) is 60.7 Å². The van der Waals surface area contributed by atoms with E-state index in [4.69, 9.17) is 20.9 Å². The van der Waals surface area contributed by atoms with Crippen LogP contribution in [0.25, 0.3) is 0 Å². The summed E-state index contributed by atoms with van der Waals surface area (Å²) in [5.41, 5.74) is 7.93. The molecule has 0 amide bonds. The van der Waals surface area contributed by atoms with Gasteiger partial charge in [-0.3, -0.25) is 0 Å². The Hall–Kier alpha value is -3.75. The number of hydrogen-bond donors (Lipinski definition) is 4. The van der Waals surface area contributed by atoms with Crippen LogP contribution in [0.5, 0.6) is 11.5 Å². The van der Waals surface area contributed by atoms with E-state index in [0.717, 1.165) is 0 Å². The van der Waals surface area contributed by atoms with Gasteiger partial charge in [0.05, 0.1) is 0 Å². The van der Waals surface area contributed by atoms with E-state index in [2.05, 4.69) is 4.99 Å². The van der Waals surface area contributed by atoms with Crippen LogP contribution in [-0.2, 0) is 9.59 Å². The average molecular weight is 359 g/mol. The molecule has 9 heteroatoms. The number of nitrogens with zero attached hydrogens (tertiary/aromatic N) is 1. The molecular formula is C17H17N3O6. The van der Waals surface area contributed by atoms with Crippen LogP contribution in [0.3, 0.4) is 0 Å². The Labute approximate surface area is 148 Å². The highest BCUT2D eigenvalue weighted by atomic mass is 16.6. The number of benzene rings is 2. The minimum Gasteiger partial charge on any atom is -0.478 e. The van der Waals surface area contributed by atoms with E-state index in [9.17, 15) is 19.8 Å². The highest BCUT2D eigenvalue weighted by molar-refractivity contribution is 5.91. The summed E-state index contributed by atoms with van der Waals surface area (Å²) in [7, 11) is 0. The summed E-state index contributed by atoms with van der Waals surface area (Å²) in [6, 6.07) is 15.5. The zero-order chi connectivity index (χ0) is 19.2. The number of aliphatic carboxylic acids is 2. The molecule has 2 aromatic rings. The summed E-state index contributed by atoms with van der Waals surface area (Å²) in [5.74, 6) is -3.89. The topological polar surface area (TPSA) is 157 Å². The fraction of sp³-hybridized carbons (Fsp3) is 0.118. The number of aliphatic imine (C=N–C) groups is 1. The molecule has 0 aliphatic carbocycles.